The van der Waals surface area contributed by atoms with E-state index < -0.39 is 0 Å². The number of hydrogen-bond donors (Lipinski definition) is 1. The van der Waals surface area contributed by atoms with Gasteiger partial charge in [0.25, 0.3) is 0 Å². The highest BCUT2D eigenvalue weighted by Crippen LogP contribution is 2.40. The van der Waals surface area contributed by atoms with Crippen LogP contribution in [0, 0.1) is 0 Å². The van der Waals surface area contributed by atoms with Gasteiger partial charge in [-0.25, -0.2) is 0 Å². The molecule has 0 amide bonds. The van der Waals surface area contributed by atoms with Crippen LogP contribution in [0.1, 0.15) is 62.0 Å². The minimum absolute atomic E-state index is 0.506. The molecule has 0 saturated heterocycles. The van der Waals surface area contributed by atoms with Gasteiger partial charge in [-0.05, 0) is 49.0 Å². The van der Waals surface area contributed by atoms with Gasteiger partial charge in [0.1, 0.15) is 0 Å². The van der Waals surface area contributed by atoms with Crippen molar-refractivity contribution in [3.05, 3.63) is 35.4 Å². The first-order valence-electron chi connectivity index (χ1n) is 8.16. The smallest absolute Gasteiger partial charge is 0.0281 e. The standard InChI is InChI=1S/C18H27NS/c1-20-18(11-3-2-4-12-18)14-19-13-15-5-7-16(8-6-15)17-9-10-17/h5-8,17,19H,2-4,9-14H2,1H3. The summed E-state index contributed by atoms with van der Waals surface area (Å²) in [6, 6.07) is 9.29. The van der Waals surface area contributed by atoms with Crippen LogP contribution in [0.4, 0.5) is 0 Å². The van der Waals surface area contributed by atoms with E-state index in [1.165, 1.54) is 57.1 Å². The van der Waals surface area contributed by atoms with Crippen molar-refractivity contribution in [3.8, 4) is 0 Å². The van der Waals surface area contributed by atoms with Gasteiger partial charge in [0, 0.05) is 17.8 Å². The molecular formula is C18H27NS. The lowest BCUT2D eigenvalue weighted by atomic mass is 9.88. The Morgan fingerprint density at radius 2 is 1.80 bits per heavy atom. The molecule has 0 radical (unpaired) electrons. The second kappa shape index (κ2) is 6.53. The van der Waals surface area contributed by atoms with E-state index in [-0.39, 0.29) is 0 Å². The lowest BCUT2D eigenvalue weighted by Crippen LogP contribution is -2.39. The zero-order chi connectivity index (χ0) is 13.8. The molecule has 1 aromatic carbocycles. The number of rotatable bonds is 6. The Labute approximate surface area is 127 Å². The maximum Gasteiger partial charge on any atom is 0.0281 e. The molecule has 110 valence electrons. The number of nitrogens with one attached hydrogen (secondary N) is 1. The molecule has 2 fully saturated rings. The molecule has 2 saturated carbocycles. The predicted molar refractivity (Wildman–Crippen MR) is 89.5 cm³/mol. The lowest BCUT2D eigenvalue weighted by Gasteiger charge is -2.36. The van der Waals surface area contributed by atoms with Crippen molar-refractivity contribution in [1.82, 2.24) is 5.32 Å². The largest absolute Gasteiger partial charge is 0.311 e. The molecule has 2 aliphatic carbocycles. The Balaban J connectivity index is 1.48. The third kappa shape index (κ3) is 3.59. The Morgan fingerprint density at radius 3 is 2.40 bits per heavy atom. The van der Waals surface area contributed by atoms with Gasteiger partial charge in [-0.3, -0.25) is 0 Å². The monoisotopic (exact) mass is 289 g/mol. The van der Waals surface area contributed by atoms with Crippen LogP contribution >= 0.6 is 11.8 Å². The molecule has 0 unspecified atom stereocenters. The lowest BCUT2D eigenvalue weighted by molar-refractivity contribution is 0.379. The first kappa shape index (κ1) is 14.5. The quantitative estimate of drug-likeness (QED) is 0.813. The molecule has 2 aliphatic rings. The third-order valence-electron chi connectivity index (χ3n) is 5.00. The molecule has 0 spiro atoms. The van der Waals surface area contributed by atoms with Gasteiger partial charge in [0.05, 0.1) is 0 Å². The topological polar surface area (TPSA) is 12.0 Å². The molecule has 3 rings (SSSR count). The zero-order valence-electron chi connectivity index (χ0n) is 12.7. The number of benzene rings is 1. The summed E-state index contributed by atoms with van der Waals surface area (Å²) in [5, 5.41) is 3.71. The molecule has 1 aromatic rings. The van der Waals surface area contributed by atoms with E-state index >= 15 is 0 Å². The molecule has 0 heterocycles. The molecule has 0 aromatic heterocycles. The van der Waals surface area contributed by atoms with Crippen LogP contribution in [-0.2, 0) is 6.54 Å². The molecule has 1 N–H and O–H groups in total. The zero-order valence-corrected chi connectivity index (χ0v) is 13.5. The minimum atomic E-state index is 0.506. The van der Waals surface area contributed by atoms with Crippen LogP contribution in [0.25, 0.3) is 0 Å². The fourth-order valence-electron chi connectivity index (χ4n) is 3.41. The molecular weight excluding hydrogens is 262 g/mol. The summed E-state index contributed by atoms with van der Waals surface area (Å²) < 4.78 is 0.506. The van der Waals surface area contributed by atoms with Crippen LogP contribution in [0.2, 0.25) is 0 Å². The van der Waals surface area contributed by atoms with Crippen LogP contribution in [0.5, 0.6) is 0 Å². The molecule has 20 heavy (non-hydrogen) atoms. The molecule has 0 bridgehead atoms. The molecule has 0 atom stereocenters. The van der Waals surface area contributed by atoms with Gasteiger partial charge in [-0.15, -0.1) is 0 Å². The van der Waals surface area contributed by atoms with Crippen LogP contribution in [-0.4, -0.2) is 17.5 Å². The van der Waals surface area contributed by atoms with E-state index in [0.717, 1.165) is 12.5 Å². The van der Waals surface area contributed by atoms with Crippen molar-refractivity contribution in [2.24, 2.45) is 0 Å². The number of thioether (sulfide) groups is 1. The summed E-state index contributed by atoms with van der Waals surface area (Å²) in [6.07, 6.45) is 12.1. The second-order valence-electron chi connectivity index (χ2n) is 6.57. The van der Waals surface area contributed by atoms with E-state index in [2.05, 4.69) is 47.6 Å². The van der Waals surface area contributed by atoms with E-state index in [1.54, 1.807) is 5.56 Å². The van der Waals surface area contributed by atoms with E-state index in [1.807, 2.05) is 0 Å². The average Bonchev–Trinajstić information content (AvgIpc) is 3.34. The van der Waals surface area contributed by atoms with E-state index in [0.29, 0.717) is 4.75 Å². The molecule has 0 aliphatic heterocycles. The van der Waals surface area contributed by atoms with Crippen molar-refractivity contribution in [1.29, 1.82) is 0 Å². The first-order valence-corrected chi connectivity index (χ1v) is 9.38. The predicted octanol–water partition coefficient (Wildman–Crippen LogP) is 4.72. The van der Waals surface area contributed by atoms with Crippen molar-refractivity contribution >= 4 is 11.8 Å². The van der Waals surface area contributed by atoms with Gasteiger partial charge >= 0.3 is 0 Å². The summed E-state index contributed by atoms with van der Waals surface area (Å²) in [5.41, 5.74) is 2.98. The van der Waals surface area contributed by atoms with Crippen LogP contribution < -0.4 is 5.32 Å². The van der Waals surface area contributed by atoms with Gasteiger partial charge in [-0.1, -0.05) is 43.5 Å². The Bertz CT molecular complexity index is 416. The summed E-state index contributed by atoms with van der Waals surface area (Å²) in [4.78, 5) is 0. The molecule has 2 heteroatoms. The number of hydrogen-bond acceptors (Lipinski definition) is 2. The second-order valence-corrected chi connectivity index (χ2v) is 7.84. The van der Waals surface area contributed by atoms with Gasteiger partial charge < -0.3 is 5.32 Å². The van der Waals surface area contributed by atoms with Gasteiger partial charge in [-0.2, -0.15) is 11.8 Å². The summed E-state index contributed by atoms with van der Waals surface area (Å²) in [6.45, 7) is 2.19. The van der Waals surface area contributed by atoms with Crippen LogP contribution in [0.3, 0.4) is 0 Å². The molecule has 1 nitrogen and oxygen atoms in total. The summed E-state index contributed by atoms with van der Waals surface area (Å²) in [7, 11) is 0. The highest BCUT2D eigenvalue weighted by molar-refractivity contribution is 8.00. The van der Waals surface area contributed by atoms with Crippen molar-refractivity contribution in [3.63, 3.8) is 0 Å². The first-order chi connectivity index (χ1) is 9.81. The van der Waals surface area contributed by atoms with Crippen molar-refractivity contribution in [2.75, 3.05) is 12.8 Å². The fourth-order valence-corrected chi connectivity index (χ4v) is 4.35. The van der Waals surface area contributed by atoms with Crippen molar-refractivity contribution < 1.29 is 0 Å². The average molecular weight is 289 g/mol. The third-order valence-corrected chi connectivity index (χ3v) is 6.42. The Hall–Kier alpha value is -0.470. The van der Waals surface area contributed by atoms with Crippen molar-refractivity contribution in [2.45, 2.75) is 62.2 Å². The van der Waals surface area contributed by atoms with Gasteiger partial charge in [0.15, 0.2) is 0 Å². The fraction of sp³-hybridized carbons (Fsp3) is 0.667. The maximum absolute atomic E-state index is 3.71. The maximum atomic E-state index is 3.71. The Morgan fingerprint density at radius 1 is 1.10 bits per heavy atom. The summed E-state index contributed by atoms with van der Waals surface area (Å²) in [5.74, 6) is 0.874. The Kier molecular flexibility index (Phi) is 4.72. The van der Waals surface area contributed by atoms with Crippen LogP contribution in [0.15, 0.2) is 24.3 Å². The summed E-state index contributed by atoms with van der Waals surface area (Å²) >= 11 is 2.08. The van der Waals surface area contributed by atoms with Gasteiger partial charge in [0.2, 0.25) is 0 Å². The SMILES string of the molecule is CSC1(CNCc2ccc(C3CC3)cc2)CCCCC1. The highest BCUT2D eigenvalue weighted by atomic mass is 32.2. The van der Waals surface area contributed by atoms with E-state index in [9.17, 15) is 0 Å². The minimum Gasteiger partial charge on any atom is -0.311 e. The van der Waals surface area contributed by atoms with E-state index in [4.69, 9.17) is 0 Å². The normalized spacial score (nSPS) is 21.9. The highest BCUT2D eigenvalue weighted by Gasteiger charge is 2.30.